The molecule has 1 aliphatic heterocycles. The van der Waals surface area contributed by atoms with Crippen LogP contribution in [0.4, 0.5) is 0 Å². The van der Waals surface area contributed by atoms with Gasteiger partial charge in [-0.05, 0) is 36.4 Å². The summed E-state index contributed by atoms with van der Waals surface area (Å²) in [5, 5.41) is 2.20. The highest BCUT2D eigenvalue weighted by Gasteiger charge is 2.42. The molecule has 0 saturated heterocycles. The second kappa shape index (κ2) is 3.36. The van der Waals surface area contributed by atoms with Gasteiger partial charge >= 0.3 is 0 Å². The van der Waals surface area contributed by atoms with Crippen molar-refractivity contribution in [2.75, 3.05) is 13.2 Å². The molecule has 4 nitrogen and oxygen atoms in total. The van der Waals surface area contributed by atoms with E-state index in [0.29, 0.717) is 13.2 Å². The van der Waals surface area contributed by atoms with Gasteiger partial charge in [-0.2, -0.15) is 0 Å². The molecule has 0 amide bonds. The number of nitrogens with two attached hydrogens (primary N) is 1. The molecule has 4 heteroatoms. The van der Waals surface area contributed by atoms with E-state index >= 15 is 0 Å². The summed E-state index contributed by atoms with van der Waals surface area (Å²) < 4.78 is 11.2. The highest BCUT2D eigenvalue weighted by molar-refractivity contribution is 5.89. The normalized spacial score (nSPS) is 19.8. The topological polar surface area (TPSA) is 57.4 Å². The molecule has 0 bridgehead atoms. The maximum absolute atomic E-state index is 6.28. The number of hydrogen-bond donors (Lipinski definition) is 1. The lowest BCUT2D eigenvalue weighted by molar-refractivity contribution is 0.172. The molecule has 0 atom stereocenters. The van der Waals surface area contributed by atoms with Gasteiger partial charge in [-0.1, -0.05) is 0 Å². The monoisotopic (exact) mass is 242 g/mol. The van der Waals surface area contributed by atoms with Crippen molar-refractivity contribution in [3.8, 4) is 11.5 Å². The van der Waals surface area contributed by atoms with Gasteiger partial charge in [0.1, 0.15) is 13.2 Å². The highest BCUT2D eigenvalue weighted by atomic mass is 16.6. The molecule has 1 aromatic carbocycles. The Morgan fingerprint density at radius 3 is 2.56 bits per heavy atom. The molecule has 1 fully saturated rings. The SMILES string of the molecule is NC1(c2nccc3cc4c(cc23)OCCO4)CC1. The zero-order valence-electron chi connectivity index (χ0n) is 9.98. The van der Waals surface area contributed by atoms with Gasteiger partial charge in [-0.15, -0.1) is 0 Å². The van der Waals surface area contributed by atoms with Crippen LogP contribution < -0.4 is 15.2 Å². The first kappa shape index (κ1) is 10.1. The molecule has 4 rings (SSSR count). The van der Waals surface area contributed by atoms with Crippen LogP contribution in [-0.2, 0) is 5.54 Å². The van der Waals surface area contributed by atoms with Gasteiger partial charge in [-0.25, -0.2) is 0 Å². The van der Waals surface area contributed by atoms with Crippen LogP contribution in [0.5, 0.6) is 11.5 Å². The number of rotatable bonds is 1. The number of ether oxygens (including phenoxy) is 2. The molecule has 0 unspecified atom stereocenters. The third-order valence-corrected chi connectivity index (χ3v) is 3.69. The second-order valence-electron chi connectivity index (χ2n) is 5.03. The van der Waals surface area contributed by atoms with Crippen molar-refractivity contribution in [2.24, 2.45) is 5.73 Å². The molecule has 1 saturated carbocycles. The Kier molecular flexibility index (Phi) is 1.89. The summed E-state index contributed by atoms with van der Waals surface area (Å²) >= 11 is 0. The van der Waals surface area contributed by atoms with Crippen LogP contribution in [0.25, 0.3) is 10.8 Å². The Balaban J connectivity index is 1.98. The van der Waals surface area contributed by atoms with Gasteiger partial charge in [0.25, 0.3) is 0 Å². The average molecular weight is 242 g/mol. The van der Waals surface area contributed by atoms with Crippen LogP contribution in [0.2, 0.25) is 0 Å². The Bertz CT molecular complexity index is 635. The maximum atomic E-state index is 6.28. The minimum Gasteiger partial charge on any atom is -0.486 e. The fourth-order valence-electron chi connectivity index (χ4n) is 2.48. The molecule has 0 spiro atoms. The summed E-state index contributed by atoms with van der Waals surface area (Å²) in [5.74, 6) is 1.61. The van der Waals surface area contributed by atoms with Gasteiger partial charge < -0.3 is 15.2 Å². The van der Waals surface area contributed by atoms with E-state index in [-0.39, 0.29) is 5.54 Å². The van der Waals surface area contributed by atoms with Crippen molar-refractivity contribution in [3.63, 3.8) is 0 Å². The van der Waals surface area contributed by atoms with E-state index in [1.165, 1.54) is 0 Å². The molecule has 2 heterocycles. The number of pyridine rings is 1. The van der Waals surface area contributed by atoms with E-state index in [1.54, 1.807) is 0 Å². The first-order valence-electron chi connectivity index (χ1n) is 6.24. The fraction of sp³-hybridized carbons (Fsp3) is 0.357. The van der Waals surface area contributed by atoms with Crippen molar-refractivity contribution in [2.45, 2.75) is 18.4 Å². The zero-order valence-corrected chi connectivity index (χ0v) is 9.98. The number of aromatic nitrogens is 1. The molecule has 18 heavy (non-hydrogen) atoms. The number of hydrogen-bond acceptors (Lipinski definition) is 4. The van der Waals surface area contributed by atoms with Crippen LogP contribution >= 0.6 is 0 Å². The maximum Gasteiger partial charge on any atom is 0.162 e. The third-order valence-electron chi connectivity index (χ3n) is 3.69. The van der Waals surface area contributed by atoms with Gasteiger partial charge in [0.15, 0.2) is 11.5 Å². The Labute approximate surface area is 105 Å². The molecule has 2 aliphatic rings. The lowest BCUT2D eigenvalue weighted by Gasteiger charge is -2.20. The highest BCUT2D eigenvalue weighted by Crippen LogP contribution is 2.46. The van der Waals surface area contributed by atoms with Crippen LogP contribution in [-0.4, -0.2) is 18.2 Å². The van der Waals surface area contributed by atoms with Gasteiger partial charge in [0, 0.05) is 11.6 Å². The van der Waals surface area contributed by atoms with Gasteiger partial charge in [-0.3, -0.25) is 4.98 Å². The lowest BCUT2D eigenvalue weighted by atomic mass is 10.0. The van der Waals surface area contributed by atoms with E-state index in [9.17, 15) is 0 Å². The molecular weight excluding hydrogens is 228 g/mol. The number of benzene rings is 1. The molecular formula is C14H14N2O2. The van der Waals surface area contributed by atoms with Gasteiger partial charge in [0.2, 0.25) is 0 Å². The third kappa shape index (κ3) is 1.39. The van der Waals surface area contributed by atoms with Crippen LogP contribution in [0, 0.1) is 0 Å². The van der Waals surface area contributed by atoms with Gasteiger partial charge in [0.05, 0.1) is 11.2 Å². The summed E-state index contributed by atoms with van der Waals surface area (Å²) in [4.78, 5) is 4.47. The predicted octanol–water partition coefficient (Wildman–Crippen LogP) is 1.95. The summed E-state index contributed by atoms with van der Waals surface area (Å²) in [6, 6.07) is 6.02. The van der Waals surface area contributed by atoms with E-state index in [4.69, 9.17) is 15.2 Å². The van der Waals surface area contributed by atoms with Crippen molar-refractivity contribution in [3.05, 3.63) is 30.1 Å². The van der Waals surface area contributed by atoms with E-state index < -0.39 is 0 Å². The number of nitrogens with zero attached hydrogens (tertiary/aromatic N) is 1. The fourth-order valence-corrected chi connectivity index (χ4v) is 2.48. The van der Waals surface area contributed by atoms with Crippen molar-refractivity contribution in [1.82, 2.24) is 4.98 Å². The summed E-state index contributed by atoms with van der Waals surface area (Å²) in [6.07, 6.45) is 3.84. The first-order valence-corrected chi connectivity index (χ1v) is 6.24. The molecule has 0 radical (unpaired) electrons. The molecule has 2 N–H and O–H groups in total. The minimum atomic E-state index is -0.233. The Morgan fingerprint density at radius 1 is 1.11 bits per heavy atom. The molecule has 1 aromatic heterocycles. The average Bonchev–Trinajstić information content (AvgIpc) is 3.15. The van der Waals surface area contributed by atoms with Crippen LogP contribution in [0.15, 0.2) is 24.4 Å². The van der Waals surface area contributed by atoms with Crippen molar-refractivity contribution in [1.29, 1.82) is 0 Å². The summed E-state index contributed by atoms with van der Waals surface area (Å²) in [6.45, 7) is 1.21. The molecule has 2 aromatic rings. The summed E-state index contributed by atoms with van der Waals surface area (Å²) in [7, 11) is 0. The minimum absolute atomic E-state index is 0.233. The van der Waals surface area contributed by atoms with Crippen LogP contribution in [0.1, 0.15) is 18.5 Å². The molecule has 92 valence electrons. The second-order valence-corrected chi connectivity index (χ2v) is 5.03. The molecule has 1 aliphatic carbocycles. The Morgan fingerprint density at radius 2 is 1.83 bits per heavy atom. The Hall–Kier alpha value is -1.81. The standard InChI is InChI=1S/C14H14N2O2/c15-14(2-3-14)13-10-8-12-11(17-5-6-18-12)7-9(10)1-4-16-13/h1,4,7-8H,2-3,5-6,15H2. The smallest absolute Gasteiger partial charge is 0.162 e. The van der Waals surface area contributed by atoms with Crippen LogP contribution in [0.3, 0.4) is 0 Å². The van der Waals surface area contributed by atoms with Crippen molar-refractivity contribution >= 4 is 10.8 Å². The zero-order chi connectivity index (χ0) is 12.2. The lowest BCUT2D eigenvalue weighted by Crippen LogP contribution is -2.21. The van der Waals surface area contributed by atoms with E-state index in [2.05, 4.69) is 4.98 Å². The predicted molar refractivity (Wildman–Crippen MR) is 67.8 cm³/mol. The first-order chi connectivity index (χ1) is 8.76. The quantitative estimate of drug-likeness (QED) is 0.830. The van der Waals surface area contributed by atoms with Crippen molar-refractivity contribution < 1.29 is 9.47 Å². The number of fused-ring (bicyclic) bond motifs is 2. The van der Waals surface area contributed by atoms with E-state index in [1.807, 2.05) is 24.4 Å². The van der Waals surface area contributed by atoms with E-state index in [0.717, 1.165) is 40.8 Å². The largest absolute Gasteiger partial charge is 0.486 e. The summed E-state index contributed by atoms with van der Waals surface area (Å²) in [5.41, 5.74) is 7.03.